The molecule has 2 N–H and O–H groups in total. The molecule has 4 atom stereocenters. The molecular formula is C19H27N3O. The zero-order chi connectivity index (χ0) is 16.2. The van der Waals surface area contributed by atoms with Gasteiger partial charge in [-0.3, -0.25) is 0 Å². The summed E-state index contributed by atoms with van der Waals surface area (Å²) in [6, 6.07) is 6.55. The smallest absolute Gasteiger partial charge is 0.192 e. The van der Waals surface area contributed by atoms with Gasteiger partial charge in [0.15, 0.2) is 5.96 Å². The van der Waals surface area contributed by atoms with Crippen molar-refractivity contribution in [2.75, 3.05) is 20.7 Å². The van der Waals surface area contributed by atoms with Crippen LogP contribution in [0, 0.1) is 24.7 Å². The van der Waals surface area contributed by atoms with E-state index in [-0.39, 0.29) is 5.54 Å². The van der Waals surface area contributed by atoms with Gasteiger partial charge in [0.05, 0.1) is 13.7 Å². The predicted molar refractivity (Wildman–Crippen MR) is 92.6 cm³/mol. The number of rotatable bonds is 3. The average Bonchev–Trinajstić information content (AvgIpc) is 3.23. The fourth-order valence-electron chi connectivity index (χ4n) is 5.32. The fourth-order valence-corrected chi connectivity index (χ4v) is 5.32. The first-order valence-electron chi connectivity index (χ1n) is 8.75. The van der Waals surface area contributed by atoms with Crippen molar-refractivity contribution < 1.29 is 4.74 Å². The lowest BCUT2D eigenvalue weighted by molar-refractivity contribution is 0.180. The fraction of sp³-hybridized carbons (Fsp3) is 0.632. The molecule has 2 fully saturated rings. The van der Waals surface area contributed by atoms with Gasteiger partial charge in [0.1, 0.15) is 11.3 Å². The molecule has 1 aromatic carbocycles. The number of benzene rings is 1. The molecule has 4 rings (SSSR count). The van der Waals surface area contributed by atoms with Crippen molar-refractivity contribution in [1.82, 2.24) is 4.90 Å². The van der Waals surface area contributed by atoms with Gasteiger partial charge >= 0.3 is 0 Å². The second kappa shape index (κ2) is 5.15. The summed E-state index contributed by atoms with van der Waals surface area (Å²) in [6.45, 7) is 3.01. The zero-order valence-corrected chi connectivity index (χ0v) is 14.4. The highest BCUT2D eigenvalue weighted by atomic mass is 16.5. The molecule has 124 valence electrons. The summed E-state index contributed by atoms with van der Waals surface area (Å²) in [4.78, 5) is 7.16. The Bertz CT molecular complexity index is 656. The molecule has 0 saturated heterocycles. The van der Waals surface area contributed by atoms with Gasteiger partial charge in [0.2, 0.25) is 0 Å². The largest absolute Gasteiger partial charge is 0.496 e. The minimum absolute atomic E-state index is 0.171. The first kappa shape index (κ1) is 14.9. The number of nitrogens with two attached hydrogens (primary N) is 1. The second-order valence-corrected chi connectivity index (χ2v) is 7.72. The van der Waals surface area contributed by atoms with Crippen LogP contribution in [0.1, 0.15) is 36.8 Å². The Balaban J connectivity index is 1.79. The molecular weight excluding hydrogens is 286 g/mol. The summed E-state index contributed by atoms with van der Waals surface area (Å²) in [5, 5.41) is 0. The number of ether oxygens (including phenoxy) is 1. The van der Waals surface area contributed by atoms with E-state index in [4.69, 9.17) is 15.5 Å². The summed E-state index contributed by atoms with van der Waals surface area (Å²) < 4.78 is 5.44. The van der Waals surface area contributed by atoms with E-state index in [1.165, 1.54) is 36.8 Å². The molecule has 0 aromatic heterocycles. The van der Waals surface area contributed by atoms with Crippen LogP contribution < -0.4 is 10.5 Å². The van der Waals surface area contributed by atoms with Crippen molar-refractivity contribution in [3.05, 3.63) is 29.3 Å². The molecule has 23 heavy (non-hydrogen) atoms. The topological polar surface area (TPSA) is 50.9 Å². The molecule has 4 unspecified atom stereocenters. The molecule has 1 aliphatic heterocycles. The van der Waals surface area contributed by atoms with Gasteiger partial charge in [-0.25, -0.2) is 4.99 Å². The van der Waals surface area contributed by atoms with Crippen molar-refractivity contribution in [1.29, 1.82) is 0 Å². The molecule has 1 aromatic rings. The lowest BCUT2D eigenvalue weighted by Gasteiger charge is -2.38. The van der Waals surface area contributed by atoms with Crippen LogP contribution in [-0.4, -0.2) is 31.6 Å². The highest BCUT2D eigenvalue weighted by Gasteiger charge is 2.54. The molecule has 0 spiro atoms. The number of hydrogen-bond donors (Lipinski definition) is 1. The van der Waals surface area contributed by atoms with Crippen LogP contribution in [-0.2, 0) is 5.54 Å². The van der Waals surface area contributed by atoms with Crippen molar-refractivity contribution in [2.24, 2.45) is 28.5 Å². The Kier molecular flexibility index (Phi) is 3.33. The summed E-state index contributed by atoms with van der Waals surface area (Å²) in [7, 11) is 3.79. The average molecular weight is 313 g/mol. The van der Waals surface area contributed by atoms with E-state index in [1.54, 1.807) is 7.11 Å². The molecule has 0 amide bonds. The third-order valence-corrected chi connectivity index (χ3v) is 6.43. The lowest BCUT2D eigenvalue weighted by atomic mass is 9.70. The normalized spacial score (nSPS) is 35.7. The van der Waals surface area contributed by atoms with Crippen molar-refractivity contribution in [3.63, 3.8) is 0 Å². The van der Waals surface area contributed by atoms with E-state index in [0.29, 0.717) is 11.9 Å². The molecule has 4 heteroatoms. The molecule has 2 aliphatic carbocycles. The van der Waals surface area contributed by atoms with Crippen molar-refractivity contribution in [2.45, 2.75) is 38.1 Å². The lowest BCUT2D eigenvalue weighted by Crippen LogP contribution is -2.41. The number of aliphatic imine (C=N–C) groups is 1. The molecule has 4 nitrogen and oxygen atoms in total. The van der Waals surface area contributed by atoms with Crippen molar-refractivity contribution in [3.8, 4) is 5.75 Å². The summed E-state index contributed by atoms with van der Waals surface area (Å²) in [5.41, 5.74) is 8.51. The minimum atomic E-state index is -0.171. The third kappa shape index (κ3) is 2.14. The van der Waals surface area contributed by atoms with E-state index in [2.05, 4.69) is 37.1 Å². The number of guanidine groups is 1. The summed E-state index contributed by atoms with van der Waals surface area (Å²) in [6.07, 6.45) is 5.47. The van der Waals surface area contributed by atoms with E-state index in [1.807, 2.05) is 0 Å². The molecule has 2 saturated carbocycles. The van der Waals surface area contributed by atoms with E-state index < -0.39 is 0 Å². The number of likely N-dealkylation sites (N-methyl/N-ethyl adjacent to an activating group) is 1. The number of methoxy groups -OCH3 is 1. The van der Waals surface area contributed by atoms with Gasteiger partial charge in [0, 0.05) is 7.05 Å². The summed E-state index contributed by atoms with van der Waals surface area (Å²) in [5.74, 6) is 3.97. The number of aryl methyl sites for hydroxylation is 1. The van der Waals surface area contributed by atoms with Crippen molar-refractivity contribution >= 4 is 5.96 Å². The quantitative estimate of drug-likeness (QED) is 0.933. The maximum Gasteiger partial charge on any atom is 0.192 e. The van der Waals surface area contributed by atoms with Gasteiger partial charge in [-0.15, -0.1) is 0 Å². The van der Waals surface area contributed by atoms with Gasteiger partial charge in [-0.2, -0.15) is 0 Å². The monoisotopic (exact) mass is 313 g/mol. The number of nitrogens with zero attached hydrogens (tertiary/aromatic N) is 2. The van der Waals surface area contributed by atoms with Crippen LogP contribution in [0.4, 0.5) is 0 Å². The van der Waals surface area contributed by atoms with E-state index in [0.717, 1.165) is 24.1 Å². The van der Waals surface area contributed by atoms with Crippen LogP contribution in [0.15, 0.2) is 23.2 Å². The minimum Gasteiger partial charge on any atom is -0.496 e. The zero-order valence-electron chi connectivity index (χ0n) is 14.4. The van der Waals surface area contributed by atoms with Gasteiger partial charge < -0.3 is 15.4 Å². The van der Waals surface area contributed by atoms with Crippen LogP contribution in [0.25, 0.3) is 0 Å². The highest BCUT2D eigenvalue weighted by molar-refractivity contribution is 5.80. The Morgan fingerprint density at radius 3 is 2.65 bits per heavy atom. The molecule has 1 heterocycles. The Morgan fingerprint density at radius 2 is 2.13 bits per heavy atom. The maximum atomic E-state index is 6.20. The van der Waals surface area contributed by atoms with Crippen LogP contribution >= 0.6 is 0 Å². The van der Waals surface area contributed by atoms with Crippen LogP contribution in [0.2, 0.25) is 0 Å². The first-order valence-corrected chi connectivity index (χ1v) is 8.75. The van der Waals surface area contributed by atoms with Crippen LogP contribution in [0.5, 0.6) is 5.75 Å². The van der Waals surface area contributed by atoms with E-state index in [9.17, 15) is 0 Å². The highest BCUT2D eigenvalue weighted by Crippen LogP contribution is 2.57. The van der Waals surface area contributed by atoms with E-state index >= 15 is 0 Å². The standard InChI is InChI=1S/C19H27N3O/c1-12-8-15(6-7-17(12)23-3)19(11-22(2)18(20)21-19)16-10-13-4-5-14(16)9-13/h6-8,13-14,16H,4-5,9-11H2,1-3H3,(H2,20,21). The third-order valence-electron chi connectivity index (χ3n) is 6.43. The second-order valence-electron chi connectivity index (χ2n) is 7.72. The van der Waals surface area contributed by atoms with Gasteiger partial charge in [-0.1, -0.05) is 12.5 Å². The number of fused-ring (bicyclic) bond motifs is 2. The van der Waals surface area contributed by atoms with Gasteiger partial charge in [0.25, 0.3) is 0 Å². The number of hydrogen-bond acceptors (Lipinski definition) is 4. The summed E-state index contributed by atoms with van der Waals surface area (Å²) >= 11 is 0. The Hall–Kier alpha value is -1.71. The maximum absolute atomic E-state index is 6.20. The molecule has 2 bridgehead atoms. The molecule has 3 aliphatic rings. The molecule has 0 radical (unpaired) electrons. The predicted octanol–water partition coefficient (Wildman–Crippen LogP) is 2.90. The Labute approximate surface area is 138 Å². The Morgan fingerprint density at radius 1 is 1.30 bits per heavy atom. The van der Waals surface area contributed by atoms with Gasteiger partial charge in [-0.05, 0) is 67.2 Å². The van der Waals surface area contributed by atoms with Crippen LogP contribution in [0.3, 0.4) is 0 Å². The first-order chi connectivity index (χ1) is 11.0. The SMILES string of the molecule is COc1ccc(C2(C3CC4CCC3C4)CN(C)C(N)=N2)cc1C.